The van der Waals surface area contributed by atoms with Gasteiger partial charge in [0.15, 0.2) is 11.5 Å². The molecule has 1 atom stereocenters. The SMILES string of the molecule is COc1c(OC[C@H](O)C(C)(C)O)cc2oc(=O)ccc2c1O. The molecule has 7 nitrogen and oxygen atoms in total. The minimum atomic E-state index is -1.35. The topological polar surface area (TPSA) is 109 Å². The zero-order valence-corrected chi connectivity index (χ0v) is 12.5. The Balaban J connectivity index is 2.42. The van der Waals surface area contributed by atoms with Gasteiger partial charge in [0, 0.05) is 12.1 Å². The van der Waals surface area contributed by atoms with E-state index < -0.39 is 17.3 Å². The van der Waals surface area contributed by atoms with Crippen molar-refractivity contribution in [2.45, 2.75) is 25.6 Å². The second kappa shape index (κ2) is 5.86. The monoisotopic (exact) mass is 310 g/mol. The maximum Gasteiger partial charge on any atom is 0.336 e. The summed E-state index contributed by atoms with van der Waals surface area (Å²) in [4.78, 5) is 11.3. The lowest BCUT2D eigenvalue weighted by Crippen LogP contribution is -2.40. The molecule has 0 saturated heterocycles. The predicted molar refractivity (Wildman–Crippen MR) is 78.5 cm³/mol. The smallest absolute Gasteiger partial charge is 0.336 e. The van der Waals surface area contributed by atoms with E-state index in [1.165, 1.54) is 39.2 Å². The fourth-order valence-corrected chi connectivity index (χ4v) is 1.83. The van der Waals surface area contributed by atoms with Crippen LogP contribution in [0.1, 0.15) is 13.8 Å². The fourth-order valence-electron chi connectivity index (χ4n) is 1.83. The second-order valence-corrected chi connectivity index (χ2v) is 5.40. The van der Waals surface area contributed by atoms with Crippen LogP contribution < -0.4 is 15.1 Å². The van der Waals surface area contributed by atoms with Crippen molar-refractivity contribution in [2.24, 2.45) is 0 Å². The van der Waals surface area contributed by atoms with Crippen LogP contribution >= 0.6 is 0 Å². The Kier molecular flexibility index (Phi) is 4.30. The molecule has 0 unspecified atom stereocenters. The molecule has 0 fully saturated rings. The maximum atomic E-state index is 11.3. The highest BCUT2D eigenvalue weighted by Gasteiger charge is 2.26. The number of aromatic hydroxyl groups is 1. The molecule has 22 heavy (non-hydrogen) atoms. The number of hydrogen-bond acceptors (Lipinski definition) is 7. The summed E-state index contributed by atoms with van der Waals surface area (Å²) in [7, 11) is 1.35. The summed E-state index contributed by atoms with van der Waals surface area (Å²) < 4.78 is 15.5. The zero-order valence-electron chi connectivity index (χ0n) is 12.5. The van der Waals surface area contributed by atoms with E-state index in [0.717, 1.165) is 0 Å². The molecule has 0 bridgehead atoms. The van der Waals surface area contributed by atoms with Crippen molar-refractivity contribution in [3.8, 4) is 17.2 Å². The first-order valence-corrected chi connectivity index (χ1v) is 6.61. The summed E-state index contributed by atoms with van der Waals surface area (Å²) in [5, 5.41) is 29.9. The molecule has 7 heteroatoms. The fraction of sp³-hybridized carbons (Fsp3) is 0.400. The first-order chi connectivity index (χ1) is 10.2. The van der Waals surface area contributed by atoms with Gasteiger partial charge in [-0.15, -0.1) is 0 Å². The first-order valence-electron chi connectivity index (χ1n) is 6.61. The van der Waals surface area contributed by atoms with Crippen LogP contribution in [-0.2, 0) is 0 Å². The van der Waals surface area contributed by atoms with Crippen molar-refractivity contribution in [3.05, 3.63) is 28.6 Å². The van der Waals surface area contributed by atoms with Crippen LogP contribution in [-0.4, -0.2) is 40.7 Å². The third kappa shape index (κ3) is 3.15. The van der Waals surface area contributed by atoms with Crippen LogP contribution in [0, 0.1) is 0 Å². The lowest BCUT2D eigenvalue weighted by atomic mass is 10.0. The Morgan fingerprint density at radius 1 is 1.36 bits per heavy atom. The van der Waals surface area contributed by atoms with Crippen molar-refractivity contribution < 1.29 is 29.2 Å². The number of aliphatic hydroxyl groups is 2. The third-order valence-corrected chi connectivity index (χ3v) is 3.23. The predicted octanol–water partition coefficient (Wildman–Crippen LogP) is 1.02. The van der Waals surface area contributed by atoms with Crippen LogP contribution in [0.15, 0.2) is 27.4 Å². The van der Waals surface area contributed by atoms with Crippen LogP contribution in [0.3, 0.4) is 0 Å². The van der Waals surface area contributed by atoms with E-state index in [2.05, 4.69) is 0 Å². The van der Waals surface area contributed by atoms with Crippen LogP contribution in [0.5, 0.6) is 17.2 Å². The molecule has 0 spiro atoms. The van der Waals surface area contributed by atoms with E-state index >= 15 is 0 Å². The van der Waals surface area contributed by atoms with E-state index in [9.17, 15) is 20.1 Å². The molecular weight excluding hydrogens is 292 g/mol. The van der Waals surface area contributed by atoms with Crippen LogP contribution in [0.2, 0.25) is 0 Å². The second-order valence-electron chi connectivity index (χ2n) is 5.40. The van der Waals surface area contributed by atoms with Gasteiger partial charge in [-0.25, -0.2) is 4.79 Å². The molecule has 120 valence electrons. The Hall–Kier alpha value is -2.25. The molecule has 2 aromatic rings. The van der Waals surface area contributed by atoms with Crippen molar-refractivity contribution >= 4 is 11.0 Å². The minimum Gasteiger partial charge on any atom is -0.504 e. The van der Waals surface area contributed by atoms with E-state index in [4.69, 9.17) is 13.9 Å². The van der Waals surface area contributed by atoms with Crippen LogP contribution in [0.25, 0.3) is 11.0 Å². The number of aliphatic hydroxyl groups excluding tert-OH is 1. The van der Waals surface area contributed by atoms with Gasteiger partial charge in [-0.2, -0.15) is 0 Å². The maximum absolute atomic E-state index is 11.3. The molecule has 3 N–H and O–H groups in total. The molecule has 2 rings (SSSR count). The van der Waals surface area contributed by atoms with Gasteiger partial charge in [0.1, 0.15) is 18.3 Å². The molecule has 1 aromatic carbocycles. The average Bonchev–Trinajstić information content (AvgIpc) is 2.43. The number of fused-ring (bicyclic) bond motifs is 1. The molecule has 0 aliphatic rings. The van der Waals surface area contributed by atoms with Gasteiger partial charge in [-0.1, -0.05) is 0 Å². The van der Waals surface area contributed by atoms with Gasteiger partial charge < -0.3 is 29.2 Å². The first kappa shape index (κ1) is 16.1. The molecule has 1 heterocycles. The Morgan fingerprint density at radius 3 is 2.64 bits per heavy atom. The zero-order chi connectivity index (χ0) is 16.5. The van der Waals surface area contributed by atoms with Gasteiger partial charge in [0.2, 0.25) is 5.75 Å². The lowest BCUT2D eigenvalue weighted by Gasteiger charge is -2.24. The standard InChI is InChI=1S/C15H18O7/c1-15(2,19)11(16)7-21-10-6-9-8(4-5-12(17)22-9)13(18)14(10)20-3/h4-6,11,16,18-19H,7H2,1-3H3/t11-/m0/s1. The molecule has 0 amide bonds. The lowest BCUT2D eigenvalue weighted by molar-refractivity contribution is -0.0664. The van der Waals surface area contributed by atoms with Gasteiger partial charge >= 0.3 is 5.63 Å². The van der Waals surface area contributed by atoms with Crippen molar-refractivity contribution in [1.82, 2.24) is 0 Å². The average molecular weight is 310 g/mol. The molecule has 0 aliphatic heterocycles. The normalized spacial score (nSPS) is 13.1. The molecule has 0 saturated carbocycles. The largest absolute Gasteiger partial charge is 0.504 e. The van der Waals surface area contributed by atoms with Crippen molar-refractivity contribution in [1.29, 1.82) is 0 Å². The molecular formula is C15H18O7. The summed E-state index contributed by atoms with van der Waals surface area (Å²) in [6.07, 6.45) is -1.15. The quantitative estimate of drug-likeness (QED) is 0.707. The Labute approximate surface area is 126 Å². The number of ether oxygens (including phenoxy) is 2. The van der Waals surface area contributed by atoms with E-state index in [1.807, 2.05) is 0 Å². The summed E-state index contributed by atoms with van der Waals surface area (Å²) in [5.74, 6) is -0.106. The summed E-state index contributed by atoms with van der Waals surface area (Å²) in [6, 6.07) is 3.97. The summed E-state index contributed by atoms with van der Waals surface area (Å²) in [6.45, 7) is 2.65. The van der Waals surface area contributed by atoms with Gasteiger partial charge in [-0.05, 0) is 19.9 Å². The van der Waals surface area contributed by atoms with E-state index in [0.29, 0.717) is 5.39 Å². The van der Waals surface area contributed by atoms with Crippen LogP contribution in [0.4, 0.5) is 0 Å². The molecule has 1 aromatic heterocycles. The Bertz CT molecular complexity index is 727. The number of benzene rings is 1. The highest BCUT2D eigenvalue weighted by atomic mass is 16.5. The highest BCUT2D eigenvalue weighted by molar-refractivity contribution is 5.88. The highest BCUT2D eigenvalue weighted by Crippen LogP contribution is 2.42. The molecule has 0 aliphatic carbocycles. The van der Waals surface area contributed by atoms with Crippen molar-refractivity contribution in [2.75, 3.05) is 13.7 Å². The van der Waals surface area contributed by atoms with E-state index in [-0.39, 0.29) is 29.4 Å². The number of methoxy groups -OCH3 is 1. The van der Waals surface area contributed by atoms with Gasteiger partial charge in [-0.3, -0.25) is 0 Å². The number of rotatable bonds is 5. The van der Waals surface area contributed by atoms with Gasteiger partial charge in [0.25, 0.3) is 0 Å². The summed E-state index contributed by atoms with van der Waals surface area (Å²) >= 11 is 0. The number of phenolic OH excluding ortho intramolecular Hbond substituents is 1. The van der Waals surface area contributed by atoms with E-state index in [1.54, 1.807) is 0 Å². The third-order valence-electron chi connectivity index (χ3n) is 3.23. The van der Waals surface area contributed by atoms with Crippen molar-refractivity contribution in [3.63, 3.8) is 0 Å². The Morgan fingerprint density at radius 2 is 2.05 bits per heavy atom. The van der Waals surface area contributed by atoms with Gasteiger partial charge in [0.05, 0.1) is 18.1 Å². The number of phenols is 1. The minimum absolute atomic E-state index is 0.0456. The molecule has 0 radical (unpaired) electrons. The number of hydrogen-bond donors (Lipinski definition) is 3. The summed E-state index contributed by atoms with van der Waals surface area (Å²) in [5.41, 5.74) is -1.79.